The number of fused-ring (bicyclic) bond motifs is 1. The van der Waals surface area contributed by atoms with Gasteiger partial charge in [-0.3, -0.25) is 9.52 Å². The van der Waals surface area contributed by atoms with Gasteiger partial charge in [-0.25, -0.2) is 8.42 Å². The topological polar surface area (TPSA) is 97.0 Å². The second kappa shape index (κ2) is 10.1. The molecule has 1 amide bonds. The highest BCUT2D eigenvalue weighted by molar-refractivity contribution is 7.92. The third kappa shape index (κ3) is 5.67. The van der Waals surface area contributed by atoms with E-state index in [2.05, 4.69) is 14.9 Å². The third-order valence-corrected chi connectivity index (χ3v) is 6.62. The van der Waals surface area contributed by atoms with Gasteiger partial charge in [-0.2, -0.15) is 0 Å². The van der Waals surface area contributed by atoms with E-state index in [1.165, 1.54) is 18.2 Å². The fraction of sp³-hybridized carbons (Fsp3) is 0.240. The van der Waals surface area contributed by atoms with Crippen molar-refractivity contribution in [3.63, 3.8) is 0 Å². The average molecular weight is 482 g/mol. The van der Waals surface area contributed by atoms with E-state index < -0.39 is 10.0 Å². The van der Waals surface area contributed by atoms with Crippen molar-refractivity contribution in [1.29, 1.82) is 0 Å². The van der Waals surface area contributed by atoms with Gasteiger partial charge in [0.05, 0.1) is 4.90 Å². The minimum absolute atomic E-state index is 0.0455. The third-order valence-electron chi connectivity index (χ3n) is 5.25. The highest BCUT2D eigenvalue weighted by Gasteiger charge is 2.20. The van der Waals surface area contributed by atoms with Crippen molar-refractivity contribution in [1.82, 2.24) is 10.2 Å². The van der Waals surface area contributed by atoms with E-state index in [1.807, 2.05) is 38.4 Å². The van der Waals surface area contributed by atoms with Crippen LogP contribution in [0.3, 0.4) is 0 Å². The number of nitrogens with zero attached hydrogens (tertiary/aromatic N) is 1. The zero-order chi connectivity index (χ0) is 24.1. The number of benzene rings is 3. The maximum atomic E-state index is 12.9. The lowest BCUT2D eigenvalue weighted by molar-refractivity contribution is 0.0951. The molecule has 8 nitrogen and oxygen atoms in total. The van der Waals surface area contributed by atoms with Crippen LogP contribution in [0.5, 0.6) is 11.5 Å². The molecule has 0 aromatic heterocycles. The van der Waals surface area contributed by atoms with Crippen LogP contribution in [-0.4, -0.2) is 46.5 Å². The summed E-state index contributed by atoms with van der Waals surface area (Å²) in [4.78, 5) is 14.9. The van der Waals surface area contributed by atoms with Crippen LogP contribution in [0.1, 0.15) is 21.5 Å². The zero-order valence-corrected chi connectivity index (χ0v) is 19.9. The van der Waals surface area contributed by atoms with Gasteiger partial charge >= 0.3 is 0 Å². The van der Waals surface area contributed by atoms with Crippen molar-refractivity contribution in [3.8, 4) is 11.5 Å². The van der Waals surface area contributed by atoms with E-state index in [4.69, 9.17) is 9.47 Å². The Morgan fingerprint density at radius 1 is 0.912 bits per heavy atom. The van der Waals surface area contributed by atoms with E-state index in [0.29, 0.717) is 36.8 Å². The molecule has 3 aromatic carbocycles. The van der Waals surface area contributed by atoms with Crippen LogP contribution in [0, 0.1) is 0 Å². The van der Waals surface area contributed by atoms with Crippen molar-refractivity contribution in [3.05, 3.63) is 83.4 Å². The Kier molecular flexibility index (Phi) is 7.04. The summed E-state index contributed by atoms with van der Waals surface area (Å²) in [7, 11) is 0.102. The lowest BCUT2D eigenvalue weighted by Gasteiger charge is -2.19. The average Bonchev–Trinajstić information content (AvgIpc) is 2.82. The Bertz CT molecular complexity index is 1290. The number of anilines is 1. The molecule has 4 rings (SSSR count). The summed E-state index contributed by atoms with van der Waals surface area (Å²) in [5.41, 5.74) is 2.80. The summed E-state index contributed by atoms with van der Waals surface area (Å²) < 4.78 is 39.2. The molecule has 34 heavy (non-hydrogen) atoms. The summed E-state index contributed by atoms with van der Waals surface area (Å²) in [6, 6.07) is 18.8. The highest BCUT2D eigenvalue weighted by atomic mass is 32.2. The van der Waals surface area contributed by atoms with Crippen LogP contribution in [0.25, 0.3) is 0 Å². The van der Waals surface area contributed by atoms with Crippen molar-refractivity contribution in [2.75, 3.05) is 32.0 Å². The molecule has 0 unspecified atom stereocenters. The number of hydrogen-bond acceptors (Lipinski definition) is 6. The number of ether oxygens (including phenoxy) is 2. The molecular formula is C25H27N3O5S. The van der Waals surface area contributed by atoms with E-state index >= 15 is 0 Å². The first kappa shape index (κ1) is 23.6. The molecule has 0 spiro atoms. The van der Waals surface area contributed by atoms with Gasteiger partial charge in [0.25, 0.3) is 15.9 Å². The number of hydrogen-bond donors (Lipinski definition) is 2. The van der Waals surface area contributed by atoms with Crippen LogP contribution >= 0.6 is 0 Å². The Morgan fingerprint density at radius 3 is 2.41 bits per heavy atom. The quantitative estimate of drug-likeness (QED) is 0.513. The Morgan fingerprint density at radius 2 is 1.65 bits per heavy atom. The number of carbonyl (C=O) groups is 1. The van der Waals surface area contributed by atoms with Gasteiger partial charge in [0.15, 0.2) is 11.5 Å². The van der Waals surface area contributed by atoms with Crippen molar-refractivity contribution < 1.29 is 22.7 Å². The summed E-state index contributed by atoms with van der Waals surface area (Å²) in [6.45, 7) is 1.92. The minimum atomic E-state index is -3.88. The molecule has 0 fully saturated rings. The molecule has 178 valence electrons. The fourth-order valence-electron chi connectivity index (χ4n) is 3.63. The van der Waals surface area contributed by atoms with Crippen LogP contribution in [-0.2, 0) is 23.1 Å². The maximum absolute atomic E-state index is 12.9. The lowest BCUT2D eigenvalue weighted by atomic mass is 10.1. The second-order valence-corrected chi connectivity index (χ2v) is 9.86. The van der Waals surface area contributed by atoms with Gasteiger partial charge in [0.2, 0.25) is 0 Å². The second-order valence-electron chi connectivity index (χ2n) is 8.18. The van der Waals surface area contributed by atoms with Gasteiger partial charge in [0.1, 0.15) is 13.2 Å². The van der Waals surface area contributed by atoms with E-state index in [-0.39, 0.29) is 16.5 Å². The van der Waals surface area contributed by atoms with Gasteiger partial charge in [-0.15, -0.1) is 0 Å². The molecule has 1 aliphatic heterocycles. The molecule has 0 saturated carbocycles. The molecule has 0 atom stereocenters. The molecule has 2 N–H and O–H groups in total. The van der Waals surface area contributed by atoms with Gasteiger partial charge in [-0.1, -0.05) is 30.3 Å². The number of sulfonamides is 1. The maximum Gasteiger partial charge on any atom is 0.262 e. The predicted molar refractivity (Wildman–Crippen MR) is 130 cm³/mol. The SMILES string of the molecule is CN(C)Cc1ccccc1CNC(=O)c1cccc(NS(=O)(=O)c2ccc3c(c2)OCCO3)c1. The number of nitrogens with one attached hydrogen (secondary N) is 2. The monoisotopic (exact) mass is 481 g/mol. The van der Waals surface area contributed by atoms with Gasteiger partial charge in [0, 0.05) is 30.4 Å². The van der Waals surface area contributed by atoms with Gasteiger partial charge < -0.3 is 19.7 Å². The Balaban J connectivity index is 1.45. The lowest BCUT2D eigenvalue weighted by Crippen LogP contribution is -2.24. The fourth-order valence-corrected chi connectivity index (χ4v) is 4.70. The molecule has 1 heterocycles. The molecule has 1 aliphatic rings. The number of amides is 1. The molecule has 0 saturated heterocycles. The van der Waals surface area contributed by atoms with Crippen molar-refractivity contribution in [2.45, 2.75) is 18.0 Å². The minimum Gasteiger partial charge on any atom is -0.486 e. The van der Waals surface area contributed by atoms with Gasteiger partial charge in [-0.05, 0) is 55.6 Å². The molecular weight excluding hydrogens is 454 g/mol. The standard InChI is InChI=1S/C25H27N3O5S/c1-28(2)17-20-7-4-3-6-19(20)16-26-25(29)18-8-5-9-21(14-18)27-34(30,31)22-10-11-23-24(15-22)33-13-12-32-23/h3-11,14-15,27H,12-13,16-17H2,1-2H3,(H,26,29). The molecule has 9 heteroatoms. The summed E-state index contributed by atoms with van der Waals surface area (Å²) >= 11 is 0. The van der Waals surface area contributed by atoms with Crippen LogP contribution in [0.4, 0.5) is 5.69 Å². The first-order valence-corrected chi connectivity index (χ1v) is 12.3. The Labute approximate surface area is 199 Å². The Hall–Kier alpha value is -3.56. The molecule has 0 radical (unpaired) electrons. The largest absolute Gasteiger partial charge is 0.486 e. The van der Waals surface area contributed by atoms with Crippen LogP contribution in [0.2, 0.25) is 0 Å². The highest BCUT2D eigenvalue weighted by Crippen LogP contribution is 2.32. The smallest absolute Gasteiger partial charge is 0.262 e. The normalized spacial score (nSPS) is 12.9. The van der Waals surface area contributed by atoms with Crippen molar-refractivity contribution >= 4 is 21.6 Å². The summed E-state index contributed by atoms with van der Waals surface area (Å²) in [6.07, 6.45) is 0. The summed E-state index contributed by atoms with van der Waals surface area (Å²) in [5, 5.41) is 2.92. The molecule has 0 aliphatic carbocycles. The predicted octanol–water partition coefficient (Wildman–Crippen LogP) is 3.25. The molecule has 0 bridgehead atoms. The van der Waals surface area contributed by atoms with E-state index in [0.717, 1.165) is 17.7 Å². The number of rotatable bonds is 8. The number of carbonyl (C=O) groups excluding carboxylic acids is 1. The van der Waals surface area contributed by atoms with E-state index in [1.54, 1.807) is 24.3 Å². The molecule has 3 aromatic rings. The first-order chi connectivity index (χ1) is 16.3. The zero-order valence-electron chi connectivity index (χ0n) is 19.1. The first-order valence-electron chi connectivity index (χ1n) is 10.8. The van der Waals surface area contributed by atoms with E-state index in [9.17, 15) is 13.2 Å². The van der Waals surface area contributed by atoms with Crippen molar-refractivity contribution in [2.24, 2.45) is 0 Å². The van der Waals surface area contributed by atoms with Crippen LogP contribution < -0.4 is 19.5 Å². The van der Waals surface area contributed by atoms with Crippen LogP contribution in [0.15, 0.2) is 71.6 Å². The summed E-state index contributed by atoms with van der Waals surface area (Å²) in [5.74, 6) is 0.604.